The fraction of sp³-hybridized carbons (Fsp3) is 0.379. The number of hydrogen-bond acceptors (Lipinski definition) is 2. The van der Waals surface area contributed by atoms with Gasteiger partial charge in [-0.25, -0.2) is 0 Å². The summed E-state index contributed by atoms with van der Waals surface area (Å²) < 4.78 is 80.5. The number of amides is 2. The Morgan fingerprint density at radius 3 is 2.25 bits per heavy atom. The van der Waals surface area contributed by atoms with Crippen LogP contribution in [0.15, 0.2) is 60.8 Å². The smallest absolute Gasteiger partial charge is 0.361 e. The molecule has 2 N–H and O–H groups in total. The Balaban J connectivity index is 1.65. The SMILES string of the molecule is CN(C(=O)c1cc(C(F)(F)F)cc(C(F)(F)F)c1)C(C=CC(=O)NC1CCCCC1)Cc1c[nH]c2ccccc12. The quantitative estimate of drug-likeness (QED) is 0.242. The number of likely N-dealkylation sites (N-methyl/N-ethyl adjacent to an activating group) is 1. The molecule has 0 radical (unpaired) electrons. The van der Waals surface area contributed by atoms with Crippen molar-refractivity contribution in [2.75, 3.05) is 7.05 Å². The molecule has 1 unspecified atom stereocenters. The molecular formula is C29H29F6N3O2. The van der Waals surface area contributed by atoms with Crippen LogP contribution >= 0.6 is 0 Å². The van der Waals surface area contributed by atoms with E-state index in [0.29, 0.717) is 12.1 Å². The van der Waals surface area contributed by atoms with Crippen molar-refractivity contribution in [2.24, 2.45) is 0 Å². The molecule has 1 aromatic heterocycles. The largest absolute Gasteiger partial charge is 0.416 e. The summed E-state index contributed by atoms with van der Waals surface area (Å²) in [6.07, 6.45) is -0.748. The maximum absolute atomic E-state index is 13.4. The number of halogens is 6. The second-order valence-electron chi connectivity index (χ2n) is 10.0. The Morgan fingerprint density at radius 2 is 1.62 bits per heavy atom. The molecule has 2 amide bonds. The third-order valence-corrected chi connectivity index (χ3v) is 7.18. The number of carbonyl (C=O) groups is 2. The highest BCUT2D eigenvalue weighted by molar-refractivity contribution is 5.95. The molecule has 3 aromatic rings. The summed E-state index contributed by atoms with van der Waals surface area (Å²) in [6.45, 7) is 0. The molecule has 2 aromatic carbocycles. The van der Waals surface area contributed by atoms with Crippen molar-refractivity contribution >= 4 is 22.7 Å². The van der Waals surface area contributed by atoms with Crippen LogP contribution in [0.3, 0.4) is 0 Å². The van der Waals surface area contributed by atoms with Gasteiger partial charge in [-0.05, 0) is 49.1 Å². The fourth-order valence-corrected chi connectivity index (χ4v) is 4.99. The molecular weight excluding hydrogens is 536 g/mol. The molecule has 0 saturated heterocycles. The van der Waals surface area contributed by atoms with E-state index >= 15 is 0 Å². The average Bonchev–Trinajstić information content (AvgIpc) is 3.32. The summed E-state index contributed by atoms with van der Waals surface area (Å²) in [7, 11) is 1.29. The number of para-hydroxylation sites is 1. The predicted octanol–water partition coefficient (Wildman–Crippen LogP) is 6.89. The van der Waals surface area contributed by atoms with Crippen LogP contribution in [-0.2, 0) is 23.6 Å². The molecule has 0 spiro atoms. The average molecular weight is 566 g/mol. The number of carbonyl (C=O) groups excluding carboxylic acids is 2. The molecule has 4 rings (SSSR count). The highest BCUT2D eigenvalue weighted by Crippen LogP contribution is 2.36. The lowest BCUT2D eigenvalue weighted by Gasteiger charge is -2.27. The normalized spacial score (nSPS) is 15.9. The maximum Gasteiger partial charge on any atom is 0.416 e. The highest BCUT2D eigenvalue weighted by atomic mass is 19.4. The number of aromatic amines is 1. The van der Waals surface area contributed by atoms with Crippen LogP contribution in [0.25, 0.3) is 10.9 Å². The zero-order chi connectivity index (χ0) is 29.1. The molecule has 11 heteroatoms. The molecule has 1 atom stereocenters. The first-order chi connectivity index (χ1) is 18.8. The third-order valence-electron chi connectivity index (χ3n) is 7.18. The fourth-order valence-electron chi connectivity index (χ4n) is 4.99. The lowest BCUT2D eigenvalue weighted by molar-refractivity contribution is -0.143. The monoisotopic (exact) mass is 565 g/mol. The molecule has 1 heterocycles. The lowest BCUT2D eigenvalue weighted by Crippen LogP contribution is -2.38. The van der Waals surface area contributed by atoms with E-state index in [0.717, 1.165) is 53.5 Å². The molecule has 1 fully saturated rings. The number of alkyl halides is 6. The van der Waals surface area contributed by atoms with Gasteiger partial charge in [-0.3, -0.25) is 9.59 Å². The molecule has 0 aliphatic heterocycles. The van der Waals surface area contributed by atoms with Crippen molar-refractivity contribution in [1.82, 2.24) is 15.2 Å². The topological polar surface area (TPSA) is 65.2 Å². The first kappa shape index (κ1) is 29.2. The van der Waals surface area contributed by atoms with Gasteiger partial charge in [-0.2, -0.15) is 26.3 Å². The van der Waals surface area contributed by atoms with E-state index in [1.165, 1.54) is 19.2 Å². The Hall–Kier alpha value is -3.76. The summed E-state index contributed by atoms with van der Waals surface area (Å²) in [6, 6.07) is 7.33. The molecule has 5 nitrogen and oxygen atoms in total. The van der Waals surface area contributed by atoms with Gasteiger partial charge in [0, 0.05) is 41.8 Å². The van der Waals surface area contributed by atoms with Crippen molar-refractivity contribution in [1.29, 1.82) is 0 Å². The second kappa shape index (κ2) is 11.8. The molecule has 1 aliphatic carbocycles. The third kappa shape index (κ3) is 7.05. The summed E-state index contributed by atoms with van der Waals surface area (Å²) >= 11 is 0. The number of hydrogen-bond donors (Lipinski definition) is 2. The summed E-state index contributed by atoms with van der Waals surface area (Å²) in [5.74, 6) is -1.42. The Bertz CT molecular complexity index is 1350. The van der Waals surface area contributed by atoms with E-state index in [1.807, 2.05) is 24.3 Å². The summed E-state index contributed by atoms with van der Waals surface area (Å²) in [4.78, 5) is 30.2. The van der Waals surface area contributed by atoms with E-state index in [1.54, 1.807) is 6.20 Å². The minimum absolute atomic E-state index is 0.0181. The zero-order valence-corrected chi connectivity index (χ0v) is 21.7. The Morgan fingerprint density at radius 1 is 1.00 bits per heavy atom. The number of fused-ring (bicyclic) bond motifs is 1. The van der Waals surface area contributed by atoms with Gasteiger partial charge in [-0.1, -0.05) is 43.5 Å². The van der Waals surface area contributed by atoms with Crippen LogP contribution in [0, 0.1) is 0 Å². The van der Waals surface area contributed by atoms with Crippen molar-refractivity contribution in [2.45, 2.75) is 63.0 Å². The number of nitrogens with one attached hydrogen (secondary N) is 2. The van der Waals surface area contributed by atoms with Gasteiger partial charge >= 0.3 is 12.4 Å². The van der Waals surface area contributed by atoms with Crippen LogP contribution in [0.4, 0.5) is 26.3 Å². The van der Waals surface area contributed by atoms with Gasteiger partial charge in [0.15, 0.2) is 0 Å². The van der Waals surface area contributed by atoms with Crippen molar-refractivity contribution in [3.8, 4) is 0 Å². The zero-order valence-electron chi connectivity index (χ0n) is 21.7. The number of aromatic nitrogens is 1. The number of H-pyrrole nitrogens is 1. The van der Waals surface area contributed by atoms with Gasteiger partial charge in [0.05, 0.1) is 17.2 Å². The first-order valence-corrected chi connectivity index (χ1v) is 12.9. The Kier molecular flexibility index (Phi) is 8.60. The van der Waals surface area contributed by atoms with Crippen LogP contribution < -0.4 is 5.32 Å². The highest BCUT2D eigenvalue weighted by Gasteiger charge is 2.38. The van der Waals surface area contributed by atoms with Crippen LogP contribution in [0.1, 0.15) is 59.2 Å². The molecule has 1 saturated carbocycles. The number of rotatable bonds is 7. The molecule has 1 aliphatic rings. The van der Waals surface area contributed by atoms with E-state index in [-0.39, 0.29) is 24.4 Å². The maximum atomic E-state index is 13.4. The standard InChI is InChI=1S/C29H29F6N3O2/c1-38(27(40)18-13-20(28(30,31)32)16-21(14-18)29(33,34)35)23(11-12-26(39)37-22-7-3-2-4-8-22)15-19-17-36-25-10-6-5-9-24(19)25/h5-6,9-14,16-17,22-23,36H,2-4,7-8,15H2,1H3,(H,37,39). The van der Waals surface area contributed by atoms with Crippen molar-refractivity contribution in [3.63, 3.8) is 0 Å². The second-order valence-corrected chi connectivity index (χ2v) is 10.0. The Labute approximate surface area is 227 Å². The van der Waals surface area contributed by atoms with E-state index in [2.05, 4.69) is 10.3 Å². The number of nitrogens with zero attached hydrogens (tertiary/aromatic N) is 1. The van der Waals surface area contributed by atoms with Gasteiger partial charge in [0.25, 0.3) is 5.91 Å². The van der Waals surface area contributed by atoms with Crippen LogP contribution in [0.5, 0.6) is 0 Å². The molecule has 0 bridgehead atoms. The van der Waals surface area contributed by atoms with E-state index in [4.69, 9.17) is 0 Å². The molecule has 214 valence electrons. The van der Waals surface area contributed by atoms with E-state index < -0.39 is 41.0 Å². The van der Waals surface area contributed by atoms with Gasteiger partial charge in [-0.15, -0.1) is 0 Å². The lowest BCUT2D eigenvalue weighted by atomic mass is 9.95. The minimum Gasteiger partial charge on any atom is -0.361 e. The minimum atomic E-state index is -5.09. The van der Waals surface area contributed by atoms with E-state index in [9.17, 15) is 35.9 Å². The van der Waals surface area contributed by atoms with Gasteiger partial charge < -0.3 is 15.2 Å². The number of benzene rings is 2. The van der Waals surface area contributed by atoms with Crippen LogP contribution in [0.2, 0.25) is 0 Å². The van der Waals surface area contributed by atoms with Gasteiger partial charge in [0.1, 0.15) is 0 Å². The summed E-state index contributed by atoms with van der Waals surface area (Å²) in [5.41, 5.74) is -2.33. The summed E-state index contributed by atoms with van der Waals surface area (Å²) in [5, 5.41) is 3.77. The van der Waals surface area contributed by atoms with Crippen molar-refractivity contribution < 1.29 is 35.9 Å². The molecule has 40 heavy (non-hydrogen) atoms. The first-order valence-electron chi connectivity index (χ1n) is 12.9. The van der Waals surface area contributed by atoms with Crippen LogP contribution in [-0.4, -0.2) is 40.8 Å². The predicted molar refractivity (Wildman–Crippen MR) is 138 cm³/mol. The van der Waals surface area contributed by atoms with Gasteiger partial charge in [0.2, 0.25) is 5.91 Å². The van der Waals surface area contributed by atoms with Crippen molar-refractivity contribution in [3.05, 3.63) is 83.1 Å².